The topological polar surface area (TPSA) is 113 Å². The van der Waals surface area contributed by atoms with Gasteiger partial charge < -0.3 is 25.3 Å². The zero-order valence-electron chi connectivity index (χ0n) is 18.3. The first-order valence-corrected chi connectivity index (χ1v) is 9.80. The maximum atomic E-state index is 15.0. The second kappa shape index (κ2) is 10.6. The minimum atomic E-state index is -5.24. The second-order valence-electron chi connectivity index (χ2n) is 6.95. The number of primary amides is 1. The zero-order chi connectivity index (χ0) is 27.5. The first-order valence-electron chi connectivity index (χ1n) is 9.80. The van der Waals surface area contributed by atoms with Crippen molar-refractivity contribution < 1.29 is 54.5 Å². The average Bonchev–Trinajstić information content (AvgIpc) is 2.80. The Balaban J connectivity index is 2.03. The van der Waals surface area contributed by atoms with Gasteiger partial charge in [-0.2, -0.15) is 4.39 Å². The van der Waals surface area contributed by atoms with Gasteiger partial charge in [0, 0.05) is 0 Å². The standard InChI is InChI=1S/C22H14F7N3O5/c1-35-18-14(7-6-13(17(18)24)37-22(27,28)29)36-12-5-3-10(19(25)26)16(23)15(12)21(34)32-9-2-4-11(20(30)33)31-8-9/h2-8,19H,1H3,(H2,30,33)(H,32,34). The number of nitrogens with one attached hydrogen (secondary N) is 1. The molecule has 0 fully saturated rings. The number of benzene rings is 2. The van der Waals surface area contributed by atoms with Crippen molar-refractivity contribution in [1.82, 2.24) is 4.98 Å². The maximum absolute atomic E-state index is 15.0. The summed E-state index contributed by atoms with van der Waals surface area (Å²) in [5.74, 6) is -9.09. The molecule has 0 aliphatic carbocycles. The predicted molar refractivity (Wildman–Crippen MR) is 112 cm³/mol. The Morgan fingerprint density at radius 2 is 1.62 bits per heavy atom. The third kappa shape index (κ3) is 6.17. The van der Waals surface area contributed by atoms with E-state index in [1.54, 1.807) is 0 Å². The van der Waals surface area contributed by atoms with Crippen LogP contribution in [0.25, 0.3) is 0 Å². The fourth-order valence-electron chi connectivity index (χ4n) is 2.96. The number of halogens is 7. The summed E-state index contributed by atoms with van der Waals surface area (Å²) in [6, 6.07) is 4.94. The van der Waals surface area contributed by atoms with Crippen molar-refractivity contribution in [3.8, 4) is 23.0 Å². The van der Waals surface area contributed by atoms with Gasteiger partial charge in [0.2, 0.25) is 11.6 Å². The second-order valence-corrected chi connectivity index (χ2v) is 6.95. The number of nitrogens with zero attached hydrogens (tertiary/aromatic N) is 1. The third-order valence-electron chi connectivity index (χ3n) is 4.54. The van der Waals surface area contributed by atoms with Gasteiger partial charge in [-0.3, -0.25) is 9.59 Å². The fourth-order valence-corrected chi connectivity index (χ4v) is 2.96. The van der Waals surface area contributed by atoms with Crippen LogP contribution in [-0.2, 0) is 0 Å². The van der Waals surface area contributed by atoms with Crippen LogP contribution in [0, 0.1) is 11.6 Å². The van der Waals surface area contributed by atoms with Gasteiger partial charge in [0.15, 0.2) is 11.5 Å². The number of carbonyl (C=O) groups is 2. The Kier molecular flexibility index (Phi) is 7.74. The Hall–Kier alpha value is -4.56. The third-order valence-corrected chi connectivity index (χ3v) is 4.54. The van der Waals surface area contributed by atoms with E-state index in [-0.39, 0.29) is 11.4 Å². The number of amides is 2. The smallest absolute Gasteiger partial charge is 0.490 e. The molecule has 3 rings (SSSR count). The van der Waals surface area contributed by atoms with Gasteiger partial charge in [-0.15, -0.1) is 13.2 Å². The van der Waals surface area contributed by atoms with Gasteiger partial charge in [0.1, 0.15) is 22.8 Å². The summed E-state index contributed by atoms with van der Waals surface area (Å²) in [6.45, 7) is 0. The van der Waals surface area contributed by atoms with E-state index >= 15 is 0 Å². The number of rotatable bonds is 8. The number of ether oxygens (including phenoxy) is 3. The molecule has 0 aliphatic heterocycles. The van der Waals surface area contributed by atoms with E-state index < -0.39 is 70.4 Å². The van der Waals surface area contributed by atoms with E-state index in [1.807, 2.05) is 0 Å². The fraction of sp³-hybridized carbons (Fsp3) is 0.136. The molecule has 37 heavy (non-hydrogen) atoms. The van der Waals surface area contributed by atoms with Gasteiger partial charge in [-0.25, -0.2) is 18.2 Å². The summed E-state index contributed by atoms with van der Waals surface area (Å²) in [5, 5.41) is 2.16. The molecule has 1 aromatic heterocycles. The lowest BCUT2D eigenvalue weighted by Crippen LogP contribution is -2.18. The molecule has 0 saturated carbocycles. The van der Waals surface area contributed by atoms with Crippen LogP contribution in [0.1, 0.15) is 32.8 Å². The molecular formula is C22H14F7N3O5. The summed E-state index contributed by atoms with van der Waals surface area (Å²) in [6.07, 6.45) is -7.61. The highest BCUT2D eigenvalue weighted by atomic mass is 19.4. The number of carbonyl (C=O) groups excluding carboxylic acids is 2. The highest BCUT2D eigenvalue weighted by molar-refractivity contribution is 6.06. The molecule has 196 valence electrons. The van der Waals surface area contributed by atoms with Gasteiger partial charge >= 0.3 is 6.36 Å². The van der Waals surface area contributed by atoms with Crippen LogP contribution < -0.4 is 25.3 Å². The molecule has 0 bridgehead atoms. The highest BCUT2D eigenvalue weighted by Crippen LogP contribution is 2.41. The Labute approximate surface area is 202 Å². The van der Waals surface area contributed by atoms with Gasteiger partial charge in [0.05, 0.1) is 24.6 Å². The summed E-state index contributed by atoms with van der Waals surface area (Å²) in [4.78, 5) is 27.6. The minimum Gasteiger partial charge on any atom is -0.490 e. The van der Waals surface area contributed by atoms with Crippen molar-refractivity contribution in [2.24, 2.45) is 5.73 Å². The molecule has 3 aromatic rings. The van der Waals surface area contributed by atoms with E-state index in [4.69, 9.17) is 15.2 Å². The highest BCUT2D eigenvalue weighted by Gasteiger charge is 2.34. The number of hydrogen-bond donors (Lipinski definition) is 2. The monoisotopic (exact) mass is 533 g/mol. The van der Waals surface area contributed by atoms with Crippen LogP contribution >= 0.6 is 0 Å². The minimum absolute atomic E-state index is 0.0972. The number of anilines is 1. The lowest BCUT2D eigenvalue weighted by molar-refractivity contribution is -0.275. The molecule has 0 atom stereocenters. The van der Waals surface area contributed by atoms with Crippen LogP contribution in [0.2, 0.25) is 0 Å². The molecule has 0 radical (unpaired) electrons. The van der Waals surface area contributed by atoms with Gasteiger partial charge in [-0.1, -0.05) is 0 Å². The molecule has 1 heterocycles. The van der Waals surface area contributed by atoms with E-state index in [2.05, 4.69) is 15.0 Å². The largest absolute Gasteiger partial charge is 0.573 e. The zero-order valence-corrected chi connectivity index (χ0v) is 18.3. The molecule has 0 spiro atoms. The molecule has 8 nitrogen and oxygen atoms in total. The van der Waals surface area contributed by atoms with Crippen LogP contribution in [0.3, 0.4) is 0 Å². The van der Waals surface area contributed by atoms with E-state index in [9.17, 15) is 40.3 Å². The Morgan fingerprint density at radius 1 is 0.973 bits per heavy atom. The van der Waals surface area contributed by atoms with Gasteiger partial charge in [-0.05, 0) is 36.4 Å². The number of methoxy groups -OCH3 is 1. The summed E-state index contributed by atoms with van der Waals surface area (Å²) < 4.78 is 107. The van der Waals surface area contributed by atoms with Crippen molar-refractivity contribution in [3.63, 3.8) is 0 Å². The Bertz CT molecular complexity index is 1330. The van der Waals surface area contributed by atoms with Crippen molar-refractivity contribution in [2.45, 2.75) is 12.8 Å². The number of nitrogens with two attached hydrogens (primary N) is 1. The summed E-state index contributed by atoms with van der Waals surface area (Å²) >= 11 is 0. The summed E-state index contributed by atoms with van der Waals surface area (Å²) in [7, 11) is 0.874. The quantitative estimate of drug-likeness (QED) is 0.378. The number of pyridine rings is 1. The van der Waals surface area contributed by atoms with Gasteiger partial charge in [0.25, 0.3) is 18.2 Å². The van der Waals surface area contributed by atoms with Crippen molar-refractivity contribution in [2.75, 3.05) is 12.4 Å². The molecule has 0 unspecified atom stereocenters. The lowest BCUT2D eigenvalue weighted by Gasteiger charge is -2.17. The molecule has 0 aliphatic rings. The van der Waals surface area contributed by atoms with Crippen molar-refractivity contribution in [1.29, 1.82) is 0 Å². The normalized spacial score (nSPS) is 11.3. The van der Waals surface area contributed by atoms with Crippen LogP contribution in [-0.4, -0.2) is 30.3 Å². The SMILES string of the molecule is COc1c(Oc2ccc(C(F)F)c(F)c2C(=O)Nc2ccc(C(N)=O)nc2)ccc(OC(F)(F)F)c1F. The molecule has 3 N–H and O–H groups in total. The van der Waals surface area contributed by atoms with Crippen molar-refractivity contribution >= 4 is 17.5 Å². The van der Waals surface area contributed by atoms with Crippen LogP contribution in [0.5, 0.6) is 23.0 Å². The molecule has 2 aromatic carbocycles. The van der Waals surface area contributed by atoms with E-state index in [1.165, 1.54) is 0 Å². The predicted octanol–water partition coefficient (Wildman–Crippen LogP) is 5.35. The lowest BCUT2D eigenvalue weighted by atomic mass is 10.1. The molecule has 2 amide bonds. The van der Waals surface area contributed by atoms with E-state index in [0.29, 0.717) is 12.1 Å². The number of hydrogen-bond acceptors (Lipinski definition) is 6. The summed E-state index contributed by atoms with van der Waals surface area (Å²) in [5.41, 5.74) is 2.56. The first kappa shape index (κ1) is 27.0. The molecular weight excluding hydrogens is 519 g/mol. The van der Waals surface area contributed by atoms with Crippen LogP contribution in [0.15, 0.2) is 42.6 Å². The first-order chi connectivity index (χ1) is 17.3. The maximum Gasteiger partial charge on any atom is 0.573 e. The Morgan fingerprint density at radius 3 is 2.16 bits per heavy atom. The van der Waals surface area contributed by atoms with Crippen LogP contribution in [0.4, 0.5) is 36.4 Å². The molecule has 15 heteroatoms. The average molecular weight is 533 g/mol. The number of alkyl halides is 5. The van der Waals surface area contributed by atoms with Crippen molar-refractivity contribution in [3.05, 3.63) is 71.1 Å². The molecule has 0 saturated heterocycles. The number of aromatic nitrogens is 1. The van der Waals surface area contributed by atoms with E-state index in [0.717, 1.165) is 37.6 Å².